The Bertz CT molecular complexity index is 467. The van der Waals surface area contributed by atoms with Crippen LogP contribution in [0.1, 0.15) is 24.9 Å². The number of benzene rings is 1. The van der Waals surface area contributed by atoms with Crippen molar-refractivity contribution < 1.29 is 9.90 Å². The minimum Gasteiger partial charge on any atom is -0.396 e. The van der Waals surface area contributed by atoms with E-state index in [2.05, 4.69) is 10.2 Å². The zero-order valence-corrected chi connectivity index (χ0v) is 12.4. The molecule has 1 saturated heterocycles. The molecule has 1 aliphatic heterocycles. The number of halogens is 1. The number of nitrogens with one attached hydrogen (secondary N) is 1. The number of hydrogen-bond donors (Lipinski definition) is 2. The largest absolute Gasteiger partial charge is 0.396 e. The molecule has 2 unspecified atom stereocenters. The summed E-state index contributed by atoms with van der Waals surface area (Å²) in [6.07, 6.45) is 0.962. The number of nitrogens with zero attached hydrogens (tertiary/aromatic N) is 1. The lowest BCUT2D eigenvalue weighted by Crippen LogP contribution is -2.37. The fourth-order valence-corrected chi connectivity index (χ4v) is 2.90. The van der Waals surface area contributed by atoms with E-state index in [0.717, 1.165) is 25.1 Å². The topological polar surface area (TPSA) is 52.6 Å². The van der Waals surface area contributed by atoms with Crippen LogP contribution < -0.4 is 5.32 Å². The first-order valence-corrected chi connectivity index (χ1v) is 7.35. The fourth-order valence-electron chi connectivity index (χ4n) is 2.60. The van der Waals surface area contributed by atoms with Gasteiger partial charge in [0.05, 0.1) is 12.6 Å². The first-order chi connectivity index (χ1) is 9.60. The van der Waals surface area contributed by atoms with Crippen molar-refractivity contribution in [3.63, 3.8) is 0 Å². The Morgan fingerprint density at radius 3 is 2.95 bits per heavy atom. The van der Waals surface area contributed by atoms with E-state index in [4.69, 9.17) is 16.7 Å². The number of likely N-dealkylation sites (tertiary alicyclic amines) is 1. The minimum atomic E-state index is -0.104. The molecule has 4 nitrogen and oxygen atoms in total. The van der Waals surface area contributed by atoms with Gasteiger partial charge in [0.1, 0.15) is 0 Å². The number of aliphatic hydroxyl groups excluding tert-OH is 1. The molecule has 0 saturated carbocycles. The summed E-state index contributed by atoms with van der Waals surface area (Å²) >= 11 is 6.12. The second-order valence-electron chi connectivity index (χ2n) is 5.38. The molecule has 1 heterocycles. The molecule has 0 radical (unpaired) electrons. The molecular weight excluding hydrogens is 276 g/mol. The monoisotopic (exact) mass is 296 g/mol. The maximum Gasteiger partial charge on any atom is 0.234 e. The number of rotatable bonds is 5. The van der Waals surface area contributed by atoms with E-state index in [1.54, 1.807) is 0 Å². The highest BCUT2D eigenvalue weighted by Crippen LogP contribution is 2.22. The smallest absolute Gasteiger partial charge is 0.234 e. The Morgan fingerprint density at radius 2 is 2.30 bits per heavy atom. The molecule has 20 heavy (non-hydrogen) atoms. The van der Waals surface area contributed by atoms with Gasteiger partial charge in [0.2, 0.25) is 5.91 Å². The van der Waals surface area contributed by atoms with E-state index in [9.17, 15) is 4.79 Å². The van der Waals surface area contributed by atoms with Gasteiger partial charge in [-0.1, -0.05) is 29.8 Å². The summed E-state index contributed by atoms with van der Waals surface area (Å²) in [6, 6.07) is 7.43. The van der Waals surface area contributed by atoms with Crippen LogP contribution >= 0.6 is 11.6 Å². The molecule has 0 bridgehead atoms. The van der Waals surface area contributed by atoms with Crippen LogP contribution in [0.5, 0.6) is 0 Å². The predicted octanol–water partition coefficient (Wildman–Crippen LogP) is 1.83. The van der Waals surface area contributed by atoms with E-state index in [0.29, 0.717) is 17.5 Å². The van der Waals surface area contributed by atoms with Crippen molar-refractivity contribution in [2.24, 2.45) is 5.92 Å². The molecule has 1 aliphatic rings. The fraction of sp³-hybridized carbons (Fsp3) is 0.533. The van der Waals surface area contributed by atoms with Gasteiger partial charge in [-0.15, -0.1) is 0 Å². The van der Waals surface area contributed by atoms with Gasteiger partial charge >= 0.3 is 0 Å². The van der Waals surface area contributed by atoms with Crippen molar-refractivity contribution in [2.75, 3.05) is 26.2 Å². The van der Waals surface area contributed by atoms with Crippen LogP contribution in [0, 0.1) is 5.92 Å². The van der Waals surface area contributed by atoms with Crippen LogP contribution in [0.15, 0.2) is 24.3 Å². The molecule has 2 N–H and O–H groups in total. The van der Waals surface area contributed by atoms with E-state index in [1.807, 2.05) is 31.2 Å². The zero-order valence-electron chi connectivity index (χ0n) is 11.7. The van der Waals surface area contributed by atoms with E-state index < -0.39 is 0 Å². The maximum absolute atomic E-state index is 12.0. The summed E-state index contributed by atoms with van der Waals surface area (Å²) in [7, 11) is 0. The summed E-state index contributed by atoms with van der Waals surface area (Å²) < 4.78 is 0. The van der Waals surface area contributed by atoms with Gasteiger partial charge in [-0.2, -0.15) is 0 Å². The molecule has 2 rings (SSSR count). The number of amides is 1. The van der Waals surface area contributed by atoms with E-state index in [-0.39, 0.29) is 18.6 Å². The first kappa shape index (κ1) is 15.3. The van der Waals surface area contributed by atoms with Crippen molar-refractivity contribution in [3.05, 3.63) is 34.9 Å². The van der Waals surface area contributed by atoms with Gasteiger partial charge in [0.15, 0.2) is 0 Å². The van der Waals surface area contributed by atoms with Crippen molar-refractivity contribution in [2.45, 2.75) is 19.4 Å². The molecule has 1 aromatic rings. The Hall–Kier alpha value is -1.10. The molecule has 1 fully saturated rings. The summed E-state index contributed by atoms with van der Waals surface area (Å²) in [5.41, 5.74) is 0.928. The minimum absolute atomic E-state index is 0.00369. The van der Waals surface area contributed by atoms with Crippen LogP contribution in [-0.2, 0) is 4.79 Å². The van der Waals surface area contributed by atoms with Crippen molar-refractivity contribution in [3.8, 4) is 0 Å². The van der Waals surface area contributed by atoms with Crippen LogP contribution in [0.2, 0.25) is 5.02 Å². The van der Waals surface area contributed by atoms with Gasteiger partial charge in [0, 0.05) is 18.2 Å². The van der Waals surface area contributed by atoms with Crippen LogP contribution in [-0.4, -0.2) is 42.2 Å². The van der Waals surface area contributed by atoms with Gasteiger partial charge in [-0.25, -0.2) is 0 Å². The van der Waals surface area contributed by atoms with Crippen molar-refractivity contribution >= 4 is 17.5 Å². The first-order valence-electron chi connectivity index (χ1n) is 6.97. The van der Waals surface area contributed by atoms with Crippen LogP contribution in [0.4, 0.5) is 0 Å². The molecule has 1 amide bonds. The standard InChI is InChI=1S/C15H21ClN2O2/c1-11(13-4-2-3-5-14(13)16)17-15(20)9-18-7-6-12(8-18)10-19/h2-5,11-12,19H,6-10H2,1H3,(H,17,20). The second-order valence-corrected chi connectivity index (χ2v) is 5.79. The van der Waals surface area contributed by atoms with Crippen molar-refractivity contribution in [1.82, 2.24) is 10.2 Å². The summed E-state index contributed by atoms with van der Waals surface area (Å²) in [4.78, 5) is 14.1. The molecule has 0 aromatic heterocycles. The Morgan fingerprint density at radius 1 is 1.55 bits per heavy atom. The Labute approximate surface area is 124 Å². The highest BCUT2D eigenvalue weighted by atomic mass is 35.5. The SMILES string of the molecule is CC(NC(=O)CN1CCC(CO)C1)c1ccccc1Cl. The average Bonchev–Trinajstić information content (AvgIpc) is 2.86. The Kier molecular flexibility index (Phi) is 5.40. The normalized spacial score (nSPS) is 20.9. The number of hydrogen-bond acceptors (Lipinski definition) is 3. The van der Waals surface area contributed by atoms with E-state index >= 15 is 0 Å². The predicted molar refractivity (Wildman–Crippen MR) is 79.6 cm³/mol. The molecule has 110 valence electrons. The third-order valence-electron chi connectivity index (χ3n) is 3.74. The van der Waals surface area contributed by atoms with Crippen molar-refractivity contribution in [1.29, 1.82) is 0 Å². The molecule has 2 atom stereocenters. The van der Waals surface area contributed by atoms with Gasteiger partial charge in [-0.3, -0.25) is 9.69 Å². The van der Waals surface area contributed by atoms with Gasteiger partial charge in [-0.05, 0) is 37.4 Å². The summed E-state index contributed by atoms with van der Waals surface area (Å²) in [6.45, 7) is 4.18. The lowest BCUT2D eigenvalue weighted by Gasteiger charge is -2.19. The highest BCUT2D eigenvalue weighted by Gasteiger charge is 2.23. The third-order valence-corrected chi connectivity index (χ3v) is 4.09. The molecule has 0 spiro atoms. The Balaban J connectivity index is 1.84. The third kappa shape index (κ3) is 3.95. The molecule has 5 heteroatoms. The quantitative estimate of drug-likeness (QED) is 0.872. The summed E-state index contributed by atoms with van der Waals surface area (Å²) in [5, 5.41) is 12.7. The summed E-state index contributed by atoms with van der Waals surface area (Å²) in [5.74, 6) is 0.305. The van der Waals surface area contributed by atoms with Crippen LogP contribution in [0.25, 0.3) is 0 Å². The molecule has 0 aliphatic carbocycles. The zero-order chi connectivity index (χ0) is 14.5. The number of carbonyl (C=O) groups is 1. The van der Waals surface area contributed by atoms with E-state index in [1.165, 1.54) is 0 Å². The average molecular weight is 297 g/mol. The number of aliphatic hydroxyl groups is 1. The second kappa shape index (κ2) is 7.07. The molecular formula is C15H21ClN2O2. The van der Waals surface area contributed by atoms with Crippen LogP contribution in [0.3, 0.4) is 0 Å². The molecule has 1 aromatic carbocycles. The highest BCUT2D eigenvalue weighted by molar-refractivity contribution is 6.31. The lowest BCUT2D eigenvalue weighted by atomic mass is 10.1. The van der Waals surface area contributed by atoms with Gasteiger partial charge < -0.3 is 10.4 Å². The number of carbonyl (C=O) groups excluding carboxylic acids is 1. The lowest BCUT2D eigenvalue weighted by molar-refractivity contribution is -0.122. The maximum atomic E-state index is 12.0. The van der Waals surface area contributed by atoms with Gasteiger partial charge in [0.25, 0.3) is 0 Å².